The minimum atomic E-state index is -0.650. The van der Waals surface area contributed by atoms with Gasteiger partial charge in [0.15, 0.2) is 17.4 Å². The summed E-state index contributed by atoms with van der Waals surface area (Å²) < 4.78 is 22.7. The monoisotopic (exact) mass is 525 g/mol. The van der Waals surface area contributed by atoms with Gasteiger partial charge in [-0.05, 0) is 55.8 Å². The minimum absolute atomic E-state index is 0.0264. The van der Waals surface area contributed by atoms with Crippen molar-refractivity contribution in [1.82, 2.24) is 24.5 Å². The molecule has 11 heteroatoms. The van der Waals surface area contributed by atoms with Gasteiger partial charge in [0.1, 0.15) is 11.8 Å². The molecule has 0 aliphatic heterocycles. The lowest BCUT2D eigenvalue weighted by atomic mass is 10.0. The number of nitrogens with two attached hydrogens (primary N) is 1. The van der Waals surface area contributed by atoms with E-state index in [4.69, 9.17) is 10.5 Å². The number of ether oxygens (including phenoxy) is 1. The Kier molecular flexibility index (Phi) is 6.73. The van der Waals surface area contributed by atoms with Crippen molar-refractivity contribution in [3.8, 4) is 28.7 Å². The fourth-order valence-corrected chi connectivity index (χ4v) is 4.37. The minimum Gasteiger partial charge on any atom is -0.421 e. The fourth-order valence-electron chi connectivity index (χ4n) is 4.37. The Bertz CT molecular complexity index is 1750. The number of halogens is 1. The number of amides is 1. The van der Waals surface area contributed by atoms with Crippen molar-refractivity contribution >= 4 is 28.4 Å². The van der Waals surface area contributed by atoms with Crippen LogP contribution in [0.2, 0.25) is 0 Å². The number of fused-ring (bicyclic) bond motifs is 1. The van der Waals surface area contributed by atoms with Crippen molar-refractivity contribution in [2.24, 2.45) is 0 Å². The average molecular weight is 526 g/mol. The molecular formula is C28H24FN7O3. The van der Waals surface area contributed by atoms with E-state index in [-0.39, 0.29) is 30.1 Å². The van der Waals surface area contributed by atoms with Crippen LogP contribution in [-0.2, 0) is 11.4 Å². The topological polar surface area (TPSA) is 141 Å². The molecule has 0 fully saturated rings. The molecular weight excluding hydrogens is 501 g/mol. The maximum absolute atomic E-state index is 15.4. The lowest BCUT2D eigenvalue weighted by Crippen LogP contribution is -2.08. The van der Waals surface area contributed by atoms with Crippen LogP contribution >= 0.6 is 0 Å². The van der Waals surface area contributed by atoms with Crippen LogP contribution in [0.3, 0.4) is 0 Å². The SMILES string of the molecule is C=CC(=O)Nc1ccc(-c2c(C)c3ncnc(N)c3n2-c2ccc(Oc3nccc(C)n3)c(F)c2)c(CO)c1. The molecule has 0 saturated carbocycles. The van der Waals surface area contributed by atoms with Gasteiger partial charge in [0.2, 0.25) is 5.91 Å². The number of carbonyl (C=O) groups excluding carboxylic acids is 1. The third-order valence-electron chi connectivity index (χ3n) is 6.14. The molecule has 0 aliphatic carbocycles. The molecule has 0 aliphatic rings. The van der Waals surface area contributed by atoms with Gasteiger partial charge in [0.05, 0.1) is 17.8 Å². The number of aryl methyl sites for hydroxylation is 2. The Labute approximate surface area is 222 Å². The van der Waals surface area contributed by atoms with Gasteiger partial charge in [0.25, 0.3) is 0 Å². The van der Waals surface area contributed by atoms with E-state index >= 15 is 4.39 Å². The Morgan fingerprint density at radius 1 is 1.18 bits per heavy atom. The van der Waals surface area contributed by atoms with E-state index in [1.165, 1.54) is 24.7 Å². The molecule has 0 spiro atoms. The zero-order chi connectivity index (χ0) is 27.7. The van der Waals surface area contributed by atoms with E-state index < -0.39 is 5.82 Å². The first-order valence-electron chi connectivity index (χ1n) is 11.9. The number of nitrogen functional groups attached to an aromatic ring is 1. The standard InChI is InChI=1S/C28H24FN7O3/c1-4-23(38)35-18-5-7-20(17(11-18)13-37)25-16(3)24-26(27(30)33-14-32-24)36(25)19-6-8-22(21(29)12-19)39-28-31-10-9-15(2)34-28/h4-12,14,37H,1,13H2,2-3H3,(H,35,38)(H2,30,32,33). The molecule has 0 unspecified atom stereocenters. The summed E-state index contributed by atoms with van der Waals surface area (Å²) in [6, 6.07) is 11.3. The first kappa shape index (κ1) is 25.5. The number of hydrogen-bond acceptors (Lipinski definition) is 8. The van der Waals surface area contributed by atoms with E-state index in [9.17, 15) is 9.90 Å². The number of nitrogens with zero attached hydrogens (tertiary/aromatic N) is 5. The lowest BCUT2D eigenvalue weighted by molar-refractivity contribution is -0.111. The number of aliphatic hydroxyl groups is 1. The van der Waals surface area contributed by atoms with Crippen LogP contribution < -0.4 is 15.8 Å². The molecule has 0 atom stereocenters. The van der Waals surface area contributed by atoms with E-state index in [0.29, 0.717) is 44.9 Å². The van der Waals surface area contributed by atoms with Crippen LogP contribution in [0.15, 0.2) is 67.6 Å². The summed E-state index contributed by atoms with van der Waals surface area (Å²) in [5, 5.41) is 12.9. The number of rotatable bonds is 7. The van der Waals surface area contributed by atoms with Gasteiger partial charge in [-0.25, -0.2) is 24.3 Å². The van der Waals surface area contributed by atoms with Crippen LogP contribution in [0.25, 0.3) is 28.0 Å². The molecule has 5 rings (SSSR count). The number of aliphatic hydroxyl groups excluding tert-OH is 1. The number of aromatic nitrogens is 5. The van der Waals surface area contributed by atoms with E-state index in [1.807, 2.05) is 6.92 Å². The van der Waals surface area contributed by atoms with E-state index in [2.05, 4.69) is 31.8 Å². The van der Waals surface area contributed by atoms with Crippen LogP contribution in [-0.4, -0.2) is 35.5 Å². The summed E-state index contributed by atoms with van der Waals surface area (Å²) in [5.74, 6) is -0.887. The second-order valence-corrected chi connectivity index (χ2v) is 8.69. The highest BCUT2D eigenvalue weighted by Crippen LogP contribution is 2.39. The first-order chi connectivity index (χ1) is 18.8. The van der Waals surface area contributed by atoms with Crippen LogP contribution in [0.4, 0.5) is 15.9 Å². The molecule has 3 heterocycles. The van der Waals surface area contributed by atoms with Crippen LogP contribution in [0.1, 0.15) is 16.8 Å². The summed E-state index contributed by atoms with van der Waals surface area (Å²) in [5.41, 5.74) is 11.5. The van der Waals surface area contributed by atoms with E-state index in [0.717, 1.165) is 11.6 Å². The molecule has 0 radical (unpaired) electrons. The summed E-state index contributed by atoms with van der Waals surface area (Å²) in [6.07, 6.45) is 4.04. The second-order valence-electron chi connectivity index (χ2n) is 8.69. The Balaban J connectivity index is 1.68. The van der Waals surface area contributed by atoms with Crippen LogP contribution in [0, 0.1) is 19.7 Å². The number of anilines is 2. The van der Waals surface area contributed by atoms with Crippen molar-refractivity contribution in [1.29, 1.82) is 0 Å². The van der Waals surface area contributed by atoms with Crippen molar-refractivity contribution in [3.63, 3.8) is 0 Å². The Hall–Kier alpha value is -5.16. The molecule has 10 nitrogen and oxygen atoms in total. The van der Waals surface area contributed by atoms with Crippen molar-refractivity contribution in [2.75, 3.05) is 11.1 Å². The zero-order valence-electron chi connectivity index (χ0n) is 21.1. The quantitative estimate of drug-likeness (QED) is 0.261. The first-order valence-corrected chi connectivity index (χ1v) is 11.9. The highest BCUT2D eigenvalue weighted by atomic mass is 19.1. The van der Waals surface area contributed by atoms with Gasteiger partial charge in [0, 0.05) is 40.5 Å². The second kappa shape index (κ2) is 10.3. The van der Waals surface area contributed by atoms with Gasteiger partial charge in [-0.1, -0.05) is 12.6 Å². The Morgan fingerprint density at radius 3 is 2.72 bits per heavy atom. The largest absolute Gasteiger partial charge is 0.421 e. The van der Waals surface area contributed by atoms with Gasteiger partial charge in [-0.15, -0.1) is 0 Å². The normalized spacial score (nSPS) is 11.0. The van der Waals surface area contributed by atoms with Crippen molar-refractivity contribution in [3.05, 3.63) is 90.3 Å². The third-order valence-corrected chi connectivity index (χ3v) is 6.14. The van der Waals surface area contributed by atoms with Gasteiger partial charge < -0.3 is 25.5 Å². The number of hydrogen-bond donors (Lipinski definition) is 3. The molecule has 1 amide bonds. The third kappa shape index (κ3) is 4.78. The molecule has 4 N–H and O–H groups in total. The molecule has 0 bridgehead atoms. The predicted octanol–water partition coefficient (Wildman–Crippen LogP) is 4.62. The van der Waals surface area contributed by atoms with Crippen LogP contribution in [0.5, 0.6) is 11.8 Å². The Morgan fingerprint density at radius 2 is 2.00 bits per heavy atom. The summed E-state index contributed by atoms with van der Waals surface area (Å²) in [4.78, 5) is 28.5. The summed E-state index contributed by atoms with van der Waals surface area (Å²) in [7, 11) is 0. The highest BCUT2D eigenvalue weighted by molar-refractivity contribution is 6.00. The predicted molar refractivity (Wildman–Crippen MR) is 145 cm³/mol. The maximum Gasteiger partial charge on any atom is 0.322 e. The zero-order valence-corrected chi connectivity index (χ0v) is 21.1. The van der Waals surface area contributed by atoms with Gasteiger partial charge in [-0.2, -0.15) is 0 Å². The number of nitrogens with one attached hydrogen (secondary N) is 1. The fraction of sp³-hybridized carbons (Fsp3) is 0.107. The molecule has 3 aromatic heterocycles. The van der Waals surface area contributed by atoms with Gasteiger partial charge >= 0.3 is 6.01 Å². The molecule has 0 saturated heterocycles. The molecule has 5 aromatic rings. The van der Waals surface area contributed by atoms with Crippen molar-refractivity contribution < 1.29 is 19.0 Å². The van der Waals surface area contributed by atoms with E-state index in [1.54, 1.807) is 41.8 Å². The van der Waals surface area contributed by atoms with Crippen molar-refractivity contribution in [2.45, 2.75) is 20.5 Å². The molecule has 39 heavy (non-hydrogen) atoms. The smallest absolute Gasteiger partial charge is 0.322 e. The lowest BCUT2D eigenvalue weighted by Gasteiger charge is -2.17. The average Bonchev–Trinajstić information content (AvgIpc) is 3.23. The molecule has 196 valence electrons. The van der Waals surface area contributed by atoms with Gasteiger partial charge in [-0.3, -0.25) is 4.79 Å². The molecule has 2 aromatic carbocycles. The summed E-state index contributed by atoms with van der Waals surface area (Å²) in [6.45, 7) is 6.77. The number of carbonyl (C=O) groups is 1. The highest BCUT2D eigenvalue weighted by Gasteiger charge is 2.23. The summed E-state index contributed by atoms with van der Waals surface area (Å²) >= 11 is 0. The number of benzene rings is 2. The maximum atomic E-state index is 15.4.